The number of ketones is 2. The fourth-order valence-corrected chi connectivity index (χ4v) is 4.77. The number of nitrogens with zero attached hydrogens (tertiary/aromatic N) is 2. The number of thiazole rings is 1. The zero-order valence-electron chi connectivity index (χ0n) is 14.9. The van der Waals surface area contributed by atoms with Crippen molar-refractivity contribution in [2.45, 2.75) is 32.1 Å². The number of rotatable bonds is 4. The van der Waals surface area contributed by atoms with Crippen molar-refractivity contribution in [2.75, 3.05) is 13.2 Å². The summed E-state index contributed by atoms with van der Waals surface area (Å²) < 4.78 is 6.27. The van der Waals surface area contributed by atoms with Gasteiger partial charge in [0, 0.05) is 34.3 Å². The summed E-state index contributed by atoms with van der Waals surface area (Å²) in [5.41, 5.74) is 1.96. The van der Waals surface area contributed by atoms with E-state index in [0.29, 0.717) is 23.6 Å². The molecule has 1 aliphatic carbocycles. The van der Waals surface area contributed by atoms with Gasteiger partial charge < -0.3 is 4.74 Å². The van der Waals surface area contributed by atoms with Gasteiger partial charge in [-0.1, -0.05) is 0 Å². The maximum absolute atomic E-state index is 13.0. The van der Waals surface area contributed by atoms with E-state index in [1.54, 1.807) is 12.3 Å². The van der Waals surface area contributed by atoms with Crippen molar-refractivity contribution < 1.29 is 14.3 Å². The molecule has 0 N–H and O–H groups in total. The monoisotopic (exact) mass is 446 g/mol. The first-order valence-corrected chi connectivity index (χ1v) is 10.6. The second kappa shape index (κ2) is 7.73. The van der Waals surface area contributed by atoms with E-state index >= 15 is 0 Å². The summed E-state index contributed by atoms with van der Waals surface area (Å²) in [5, 5.41) is 0.730. The molecule has 1 unspecified atom stereocenters. The van der Waals surface area contributed by atoms with Crippen molar-refractivity contribution in [3.63, 3.8) is 0 Å². The van der Waals surface area contributed by atoms with Crippen molar-refractivity contribution in [1.82, 2.24) is 9.97 Å². The van der Waals surface area contributed by atoms with Gasteiger partial charge in [0.15, 0.2) is 11.6 Å². The van der Waals surface area contributed by atoms with Crippen LogP contribution in [-0.4, -0.2) is 34.7 Å². The minimum Gasteiger partial charge on any atom is -0.381 e. The molecule has 1 aliphatic heterocycles. The fraction of sp³-hybridized carbons (Fsp3) is 0.400. The number of hydrogen-bond donors (Lipinski definition) is 0. The lowest BCUT2D eigenvalue weighted by atomic mass is 9.89. The molecule has 3 heterocycles. The quantitative estimate of drug-likeness (QED) is 0.656. The molecule has 0 saturated carbocycles. The largest absolute Gasteiger partial charge is 0.381 e. The van der Waals surface area contributed by atoms with Crippen LogP contribution in [0.4, 0.5) is 0 Å². The first kappa shape index (κ1) is 18.7. The normalized spacial score (nSPS) is 21.0. The standard InChI is InChI=1S/C20H19BrN2O3S/c1-11-18(23-20(27-11)15-3-2-14(21)10-22-15)17-16(24)9-13(19(17)25)8-12-4-6-26-7-5-12/h2-3,9-10,12,17H,4-8H2,1H3. The van der Waals surface area contributed by atoms with Crippen LogP contribution < -0.4 is 0 Å². The minimum atomic E-state index is -0.791. The number of halogens is 1. The van der Waals surface area contributed by atoms with Crippen molar-refractivity contribution in [3.05, 3.63) is 45.0 Å². The third-order valence-corrected chi connectivity index (χ3v) is 6.56. The molecule has 27 heavy (non-hydrogen) atoms. The first-order valence-electron chi connectivity index (χ1n) is 8.98. The van der Waals surface area contributed by atoms with E-state index in [9.17, 15) is 9.59 Å². The summed E-state index contributed by atoms with van der Waals surface area (Å²) in [6.45, 7) is 3.38. The Hall–Kier alpha value is -1.70. The molecule has 2 aromatic heterocycles. The van der Waals surface area contributed by atoms with Gasteiger partial charge in [-0.2, -0.15) is 0 Å². The summed E-state index contributed by atoms with van der Waals surface area (Å²) in [6.07, 6.45) is 5.80. The number of aromatic nitrogens is 2. The van der Waals surface area contributed by atoms with Crippen LogP contribution in [0.3, 0.4) is 0 Å². The summed E-state index contributed by atoms with van der Waals surface area (Å²) in [5.74, 6) is -0.610. The molecule has 7 heteroatoms. The Bertz CT molecular complexity index is 914. The molecule has 2 aromatic rings. The minimum absolute atomic E-state index is 0.0878. The number of ether oxygens (including phenoxy) is 1. The van der Waals surface area contributed by atoms with Gasteiger partial charge in [-0.05, 0) is 66.2 Å². The van der Waals surface area contributed by atoms with E-state index in [1.165, 1.54) is 11.3 Å². The van der Waals surface area contributed by atoms with Crippen molar-refractivity contribution in [1.29, 1.82) is 0 Å². The number of pyridine rings is 1. The lowest BCUT2D eigenvalue weighted by Crippen LogP contribution is -2.19. The Morgan fingerprint density at radius 1 is 1.26 bits per heavy atom. The Kier molecular flexibility index (Phi) is 5.34. The highest BCUT2D eigenvalue weighted by Crippen LogP contribution is 2.37. The fourth-order valence-electron chi connectivity index (χ4n) is 3.61. The van der Waals surface area contributed by atoms with Crippen LogP contribution >= 0.6 is 27.3 Å². The van der Waals surface area contributed by atoms with Gasteiger partial charge in [-0.25, -0.2) is 4.98 Å². The third kappa shape index (κ3) is 3.81. The molecule has 4 rings (SSSR count). The average molecular weight is 447 g/mol. The van der Waals surface area contributed by atoms with Crippen LogP contribution in [0.25, 0.3) is 10.7 Å². The average Bonchev–Trinajstić information content (AvgIpc) is 3.16. The zero-order chi connectivity index (χ0) is 19.0. The first-order chi connectivity index (χ1) is 13.0. The van der Waals surface area contributed by atoms with Gasteiger partial charge in [0.1, 0.15) is 10.9 Å². The molecule has 2 aliphatic rings. The van der Waals surface area contributed by atoms with Gasteiger partial charge >= 0.3 is 0 Å². The lowest BCUT2D eigenvalue weighted by molar-refractivity contribution is -0.123. The molecular formula is C20H19BrN2O3S. The third-order valence-electron chi connectivity index (χ3n) is 5.08. The van der Waals surface area contributed by atoms with E-state index in [1.807, 2.05) is 19.1 Å². The number of carbonyl (C=O) groups is 2. The maximum Gasteiger partial charge on any atom is 0.175 e. The van der Waals surface area contributed by atoms with Gasteiger partial charge in [0.05, 0.1) is 11.4 Å². The number of allylic oxidation sites excluding steroid dienone is 2. The van der Waals surface area contributed by atoms with Crippen molar-refractivity contribution in [3.8, 4) is 10.7 Å². The summed E-state index contributed by atoms with van der Waals surface area (Å²) >= 11 is 4.84. The lowest BCUT2D eigenvalue weighted by Gasteiger charge is -2.22. The molecule has 0 spiro atoms. The Labute approximate surface area is 170 Å². The highest BCUT2D eigenvalue weighted by atomic mass is 79.9. The number of aryl methyl sites for hydroxylation is 1. The molecule has 0 bridgehead atoms. The van der Waals surface area contributed by atoms with Crippen molar-refractivity contribution in [2.24, 2.45) is 5.92 Å². The molecule has 1 atom stereocenters. The van der Waals surface area contributed by atoms with E-state index in [0.717, 1.165) is 46.1 Å². The summed E-state index contributed by atoms with van der Waals surface area (Å²) in [6, 6.07) is 3.78. The highest BCUT2D eigenvalue weighted by Gasteiger charge is 2.39. The van der Waals surface area contributed by atoms with E-state index in [-0.39, 0.29) is 11.6 Å². The molecule has 1 saturated heterocycles. The van der Waals surface area contributed by atoms with Crippen LogP contribution in [0, 0.1) is 12.8 Å². The van der Waals surface area contributed by atoms with Crippen LogP contribution in [0.15, 0.2) is 34.5 Å². The molecule has 5 nitrogen and oxygen atoms in total. The predicted molar refractivity (Wildman–Crippen MR) is 107 cm³/mol. The predicted octanol–water partition coefficient (Wildman–Crippen LogP) is 4.25. The molecule has 1 fully saturated rings. The molecule has 0 aromatic carbocycles. The maximum atomic E-state index is 13.0. The van der Waals surface area contributed by atoms with E-state index in [2.05, 4.69) is 25.9 Å². The van der Waals surface area contributed by atoms with Crippen molar-refractivity contribution >= 4 is 38.8 Å². The second-order valence-electron chi connectivity index (χ2n) is 6.95. The number of carbonyl (C=O) groups excluding carboxylic acids is 2. The number of Topliss-reactive ketones (excluding diaryl/α,β-unsaturated/α-hetero) is 1. The molecule has 0 amide bonds. The van der Waals surface area contributed by atoms with Crippen LogP contribution in [0.5, 0.6) is 0 Å². The number of hydrogen-bond acceptors (Lipinski definition) is 6. The van der Waals surface area contributed by atoms with E-state index < -0.39 is 5.92 Å². The van der Waals surface area contributed by atoms with E-state index in [4.69, 9.17) is 4.74 Å². The molecule has 0 radical (unpaired) electrons. The van der Waals surface area contributed by atoms with Gasteiger partial charge in [-0.3, -0.25) is 14.6 Å². The topological polar surface area (TPSA) is 69.2 Å². The SMILES string of the molecule is Cc1sc(-c2ccc(Br)cn2)nc1C1C(=O)C=C(CC2CCOCC2)C1=O. The van der Waals surface area contributed by atoms with Crippen LogP contribution in [-0.2, 0) is 14.3 Å². The van der Waals surface area contributed by atoms with Gasteiger partial charge in [0.25, 0.3) is 0 Å². The summed E-state index contributed by atoms with van der Waals surface area (Å²) in [4.78, 5) is 35.4. The van der Waals surface area contributed by atoms with Gasteiger partial charge in [0.2, 0.25) is 0 Å². The Morgan fingerprint density at radius 3 is 2.74 bits per heavy atom. The van der Waals surface area contributed by atoms with Crippen LogP contribution in [0.1, 0.15) is 35.8 Å². The Balaban J connectivity index is 1.56. The smallest absolute Gasteiger partial charge is 0.175 e. The van der Waals surface area contributed by atoms with Crippen LogP contribution in [0.2, 0.25) is 0 Å². The molecule has 140 valence electrons. The Morgan fingerprint density at radius 2 is 2.04 bits per heavy atom. The van der Waals surface area contributed by atoms with Gasteiger partial charge in [-0.15, -0.1) is 11.3 Å². The second-order valence-corrected chi connectivity index (χ2v) is 9.07. The molecular weight excluding hydrogens is 428 g/mol. The highest BCUT2D eigenvalue weighted by molar-refractivity contribution is 9.10. The zero-order valence-corrected chi connectivity index (χ0v) is 17.3. The summed E-state index contributed by atoms with van der Waals surface area (Å²) in [7, 11) is 0.